The summed E-state index contributed by atoms with van der Waals surface area (Å²) in [4.78, 5) is 11.1. The van der Waals surface area contributed by atoms with E-state index in [0.717, 1.165) is 12.1 Å². The number of aryl methyl sites for hydroxylation is 1. The highest BCUT2D eigenvalue weighted by atomic mass is 16.1. The maximum absolute atomic E-state index is 11.1. The molecule has 1 unspecified atom stereocenters. The van der Waals surface area contributed by atoms with Crippen LogP contribution in [0.5, 0.6) is 0 Å². The summed E-state index contributed by atoms with van der Waals surface area (Å²) >= 11 is 0. The lowest BCUT2D eigenvalue weighted by Gasteiger charge is -2.28. The fraction of sp³-hybridized carbons (Fsp3) is 0.533. The summed E-state index contributed by atoms with van der Waals surface area (Å²) in [6.07, 6.45) is 3.55. The molecule has 1 aliphatic rings. The minimum atomic E-state index is -0.0147. The Hall–Kier alpha value is -1.35. The summed E-state index contributed by atoms with van der Waals surface area (Å²) < 4.78 is 0. The van der Waals surface area contributed by atoms with Crippen LogP contribution in [0.15, 0.2) is 18.2 Å². The first kappa shape index (κ1) is 13.1. The molecule has 0 spiro atoms. The van der Waals surface area contributed by atoms with Crippen molar-refractivity contribution < 1.29 is 4.79 Å². The molecular formula is C15H22N2O. The van der Waals surface area contributed by atoms with Crippen molar-refractivity contribution in [2.75, 3.05) is 5.32 Å². The fourth-order valence-corrected chi connectivity index (χ4v) is 2.66. The van der Waals surface area contributed by atoms with Crippen molar-refractivity contribution >= 4 is 11.6 Å². The van der Waals surface area contributed by atoms with Crippen LogP contribution in [0.4, 0.5) is 5.69 Å². The highest BCUT2D eigenvalue weighted by Gasteiger charge is 2.20. The van der Waals surface area contributed by atoms with Gasteiger partial charge in [-0.15, -0.1) is 0 Å². The van der Waals surface area contributed by atoms with Gasteiger partial charge in [-0.1, -0.05) is 19.9 Å². The molecule has 98 valence electrons. The lowest BCUT2D eigenvalue weighted by molar-refractivity contribution is -0.114. The van der Waals surface area contributed by atoms with Crippen LogP contribution >= 0.6 is 0 Å². The lowest BCUT2D eigenvalue weighted by Crippen LogP contribution is -2.30. The Balaban J connectivity index is 2.26. The minimum absolute atomic E-state index is 0.0147. The first-order valence-electron chi connectivity index (χ1n) is 6.72. The van der Waals surface area contributed by atoms with Crippen molar-refractivity contribution in [3.8, 4) is 0 Å². The molecule has 1 aromatic carbocycles. The van der Waals surface area contributed by atoms with Crippen LogP contribution in [0.1, 0.15) is 50.8 Å². The molecule has 2 rings (SSSR count). The van der Waals surface area contributed by atoms with E-state index < -0.39 is 0 Å². The molecule has 0 bridgehead atoms. The molecule has 3 heteroatoms. The van der Waals surface area contributed by atoms with Gasteiger partial charge in [0.2, 0.25) is 5.91 Å². The van der Waals surface area contributed by atoms with E-state index in [1.54, 1.807) is 6.92 Å². The van der Waals surface area contributed by atoms with Gasteiger partial charge >= 0.3 is 0 Å². The third-order valence-corrected chi connectivity index (χ3v) is 3.32. The molecule has 0 aromatic heterocycles. The van der Waals surface area contributed by atoms with Gasteiger partial charge in [0.15, 0.2) is 0 Å². The monoisotopic (exact) mass is 246 g/mol. The van der Waals surface area contributed by atoms with E-state index >= 15 is 0 Å². The van der Waals surface area contributed by atoms with Gasteiger partial charge in [0.1, 0.15) is 0 Å². The average Bonchev–Trinajstić information content (AvgIpc) is 2.28. The second-order valence-electron chi connectivity index (χ2n) is 5.36. The SMILES string of the molecule is CC(=O)Nc1ccc2c(c1)C(NC(C)C)CCC2. The third kappa shape index (κ3) is 3.10. The number of benzene rings is 1. The van der Waals surface area contributed by atoms with Crippen molar-refractivity contribution in [3.63, 3.8) is 0 Å². The smallest absolute Gasteiger partial charge is 0.221 e. The number of hydrogen-bond donors (Lipinski definition) is 2. The molecule has 0 fully saturated rings. The van der Waals surface area contributed by atoms with Gasteiger partial charge in [-0.3, -0.25) is 4.79 Å². The second kappa shape index (κ2) is 5.53. The van der Waals surface area contributed by atoms with Crippen LogP contribution in [-0.4, -0.2) is 11.9 Å². The molecule has 1 aromatic rings. The van der Waals surface area contributed by atoms with Crippen molar-refractivity contribution in [1.29, 1.82) is 0 Å². The topological polar surface area (TPSA) is 41.1 Å². The zero-order chi connectivity index (χ0) is 13.1. The Morgan fingerprint density at radius 2 is 2.17 bits per heavy atom. The van der Waals surface area contributed by atoms with Crippen LogP contribution in [0.2, 0.25) is 0 Å². The normalized spacial score (nSPS) is 18.6. The Morgan fingerprint density at radius 1 is 1.39 bits per heavy atom. The molecule has 3 nitrogen and oxygen atoms in total. The third-order valence-electron chi connectivity index (χ3n) is 3.32. The number of nitrogens with one attached hydrogen (secondary N) is 2. The van der Waals surface area contributed by atoms with E-state index in [9.17, 15) is 4.79 Å². The second-order valence-corrected chi connectivity index (χ2v) is 5.36. The van der Waals surface area contributed by atoms with Crippen LogP contribution < -0.4 is 10.6 Å². The van der Waals surface area contributed by atoms with Crippen LogP contribution in [0, 0.1) is 0 Å². The van der Waals surface area contributed by atoms with E-state index in [4.69, 9.17) is 0 Å². The standard InChI is InChI=1S/C15H22N2O/c1-10(2)16-15-6-4-5-12-7-8-13(9-14(12)15)17-11(3)18/h7-10,15-16H,4-6H2,1-3H3,(H,17,18). The number of carbonyl (C=O) groups excluding carboxylic acids is 1. The average molecular weight is 246 g/mol. The van der Waals surface area contributed by atoms with Gasteiger partial charge in [-0.2, -0.15) is 0 Å². The van der Waals surface area contributed by atoms with E-state index in [-0.39, 0.29) is 5.91 Å². The van der Waals surface area contributed by atoms with Crippen molar-refractivity contribution in [2.45, 2.75) is 52.1 Å². The quantitative estimate of drug-likeness (QED) is 0.860. The summed E-state index contributed by atoms with van der Waals surface area (Å²) in [6, 6.07) is 7.16. The summed E-state index contributed by atoms with van der Waals surface area (Å²) in [5.74, 6) is -0.0147. The summed E-state index contributed by atoms with van der Waals surface area (Å²) in [5, 5.41) is 6.47. The summed E-state index contributed by atoms with van der Waals surface area (Å²) in [5.41, 5.74) is 3.66. The summed E-state index contributed by atoms with van der Waals surface area (Å²) in [7, 11) is 0. The predicted octanol–water partition coefficient (Wildman–Crippen LogP) is 3.02. The Kier molecular flexibility index (Phi) is 4.02. The summed E-state index contributed by atoms with van der Waals surface area (Å²) in [6.45, 7) is 5.89. The lowest BCUT2D eigenvalue weighted by atomic mass is 9.87. The molecule has 1 atom stereocenters. The number of rotatable bonds is 3. The van der Waals surface area contributed by atoms with Gasteiger partial charge in [-0.05, 0) is 42.5 Å². The zero-order valence-electron chi connectivity index (χ0n) is 11.4. The molecule has 1 amide bonds. The number of amides is 1. The molecule has 0 radical (unpaired) electrons. The number of fused-ring (bicyclic) bond motifs is 1. The minimum Gasteiger partial charge on any atom is -0.326 e. The molecule has 0 saturated carbocycles. The van der Waals surface area contributed by atoms with Gasteiger partial charge in [-0.25, -0.2) is 0 Å². The van der Waals surface area contributed by atoms with Crippen molar-refractivity contribution in [1.82, 2.24) is 5.32 Å². The van der Waals surface area contributed by atoms with Gasteiger partial charge in [0.25, 0.3) is 0 Å². The van der Waals surface area contributed by atoms with Crippen LogP contribution in [-0.2, 0) is 11.2 Å². The van der Waals surface area contributed by atoms with Crippen LogP contribution in [0.25, 0.3) is 0 Å². The molecule has 2 N–H and O–H groups in total. The molecule has 1 aliphatic carbocycles. The number of hydrogen-bond acceptors (Lipinski definition) is 2. The predicted molar refractivity (Wildman–Crippen MR) is 74.7 cm³/mol. The Labute approximate surface area is 109 Å². The van der Waals surface area contributed by atoms with E-state index in [0.29, 0.717) is 12.1 Å². The molecule has 18 heavy (non-hydrogen) atoms. The number of anilines is 1. The van der Waals surface area contributed by atoms with E-state index in [1.807, 2.05) is 6.07 Å². The molecule has 0 heterocycles. The Morgan fingerprint density at radius 3 is 2.83 bits per heavy atom. The largest absolute Gasteiger partial charge is 0.326 e. The highest BCUT2D eigenvalue weighted by Crippen LogP contribution is 2.32. The maximum atomic E-state index is 11.1. The number of carbonyl (C=O) groups is 1. The van der Waals surface area contributed by atoms with Crippen LogP contribution in [0.3, 0.4) is 0 Å². The van der Waals surface area contributed by atoms with Crippen molar-refractivity contribution in [2.24, 2.45) is 0 Å². The maximum Gasteiger partial charge on any atom is 0.221 e. The fourth-order valence-electron chi connectivity index (χ4n) is 2.66. The van der Waals surface area contributed by atoms with E-state index in [2.05, 4.69) is 36.6 Å². The van der Waals surface area contributed by atoms with Gasteiger partial charge < -0.3 is 10.6 Å². The highest BCUT2D eigenvalue weighted by molar-refractivity contribution is 5.88. The molecular weight excluding hydrogens is 224 g/mol. The Bertz CT molecular complexity index is 440. The zero-order valence-corrected chi connectivity index (χ0v) is 11.4. The van der Waals surface area contributed by atoms with Gasteiger partial charge in [0, 0.05) is 24.7 Å². The molecule has 0 aliphatic heterocycles. The molecule has 0 saturated heterocycles. The first-order valence-corrected chi connectivity index (χ1v) is 6.72. The van der Waals surface area contributed by atoms with Gasteiger partial charge in [0.05, 0.1) is 0 Å². The first-order chi connectivity index (χ1) is 8.56. The van der Waals surface area contributed by atoms with E-state index in [1.165, 1.54) is 24.0 Å². The van der Waals surface area contributed by atoms with Crippen molar-refractivity contribution in [3.05, 3.63) is 29.3 Å².